The molecule has 1 amide bonds. The van der Waals surface area contributed by atoms with Gasteiger partial charge in [-0.15, -0.1) is 0 Å². The van der Waals surface area contributed by atoms with Gasteiger partial charge in [-0.25, -0.2) is 8.42 Å². The number of piperidine rings is 1. The molecule has 3 aromatic rings. The number of amides is 1. The number of fused-ring (bicyclic) bond motifs is 1. The van der Waals surface area contributed by atoms with Crippen molar-refractivity contribution >= 4 is 43.2 Å². The number of aromatic nitrogens is 1. The number of nitrogens with zero attached hydrogens (tertiary/aromatic N) is 2. The van der Waals surface area contributed by atoms with E-state index in [1.807, 2.05) is 18.2 Å². The van der Waals surface area contributed by atoms with Crippen molar-refractivity contribution in [3.63, 3.8) is 0 Å². The predicted molar refractivity (Wildman–Crippen MR) is 106 cm³/mol. The average molecular weight is 402 g/mol. The zero-order valence-electron chi connectivity index (χ0n) is 14.5. The molecule has 0 unspecified atom stereocenters. The lowest BCUT2D eigenvalue weighted by molar-refractivity contribution is -0.120. The number of benzene rings is 2. The summed E-state index contributed by atoms with van der Waals surface area (Å²) in [4.78, 5) is 13.0. The van der Waals surface area contributed by atoms with Crippen LogP contribution in [0, 0.1) is 5.92 Å². The maximum Gasteiger partial charge on any atom is 0.243 e. The largest absolute Gasteiger partial charge is 0.326 e. The van der Waals surface area contributed by atoms with Gasteiger partial charge in [0.25, 0.3) is 0 Å². The van der Waals surface area contributed by atoms with E-state index < -0.39 is 10.0 Å². The summed E-state index contributed by atoms with van der Waals surface area (Å²) in [5.74, 6) is -0.515. The second-order valence-corrected chi connectivity index (χ2v) is 9.35. The highest BCUT2D eigenvalue weighted by Crippen LogP contribution is 2.26. The molecule has 27 heavy (non-hydrogen) atoms. The first kappa shape index (κ1) is 18.1. The van der Waals surface area contributed by atoms with Gasteiger partial charge in [0.05, 0.1) is 15.5 Å². The Bertz CT molecular complexity index is 1060. The van der Waals surface area contributed by atoms with Crippen LogP contribution in [-0.4, -0.2) is 36.1 Å². The first-order valence-electron chi connectivity index (χ1n) is 8.74. The van der Waals surface area contributed by atoms with Gasteiger partial charge in [-0.3, -0.25) is 4.79 Å². The van der Waals surface area contributed by atoms with Gasteiger partial charge in [0.2, 0.25) is 15.9 Å². The van der Waals surface area contributed by atoms with E-state index in [1.54, 1.807) is 36.5 Å². The molecule has 1 aliphatic heterocycles. The number of nitrogens with one attached hydrogen (secondary N) is 1. The van der Waals surface area contributed by atoms with Crippen molar-refractivity contribution < 1.29 is 13.2 Å². The molecule has 0 saturated carbocycles. The van der Waals surface area contributed by atoms with E-state index in [9.17, 15) is 13.2 Å². The Morgan fingerprint density at radius 2 is 2.00 bits per heavy atom. The first-order valence-corrected chi connectivity index (χ1v) is 11.0. The molecule has 8 heteroatoms. The Hall–Kier alpha value is -2.29. The lowest BCUT2D eigenvalue weighted by Gasteiger charge is -2.31. The molecule has 2 heterocycles. The predicted octanol–water partition coefficient (Wildman–Crippen LogP) is 3.34. The Labute approximate surface area is 162 Å². The third kappa shape index (κ3) is 3.73. The standard InChI is InChI=1S/C19H19N3O3S2/c23-19(21-16-8-9-18-15(11-16)12-20-26-18)14-5-4-10-22(13-14)27(24,25)17-6-2-1-3-7-17/h1-3,6-9,11-12,14H,4-5,10,13H2,(H,21,23)/t14-/m1/s1. The van der Waals surface area contributed by atoms with Crippen LogP contribution in [-0.2, 0) is 14.8 Å². The summed E-state index contributed by atoms with van der Waals surface area (Å²) in [5.41, 5.74) is 0.704. The summed E-state index contributed by atoms with van der Waals surface area (Å²) < 4.78 is 32.3. The lowest BCUT2D eigenvalue weighted by Crippen LogP contribution is -2.43. The van der Waals surface area contributed by atoms with Gasteiger partial charge in [-0.05, 0) is 54.7 Å². The van der Waals surface area contributed by atoms with E-state index in [0.29, 0.717) is 25.1 Å². The SMILES string of the molecule is O=C(Nc1ccc2sncc2c1)[C@@H]1CCCN(S(=O)(=O)c2ccccc2)C1. The summed E-state index contributed by atoms with van der Waals surface area (Å²) in [6.07, 6.45) is 3.11. The zero-order valence-corrected chi connectivity index (χ0v) is 16.2. The van der Waals surface area contributed by atoms with Gasteiger partial charge in [0.1, 0.15) is 0 Å². The minimum atomic E-state index is -3.58. The summed E-state index contributed by atoms with van der Waals surface area (Å²) >= 11 is 1.41. The van der Waals surface area contributed by atoms with Crippen molar-refractivity contribution in [2.45, 2.75) is 17.7 Å². The molecule has 0 radical (unpaired) electrons. The second-order valence-electron chi connectivity index (χ2n) is 6.58. The summed E-state index contributed by atoms with van der Waals surface area (Å²) in [7, 11) is -3.58. The number of anilines is 1. The number of carbonyl (C=O) groups excluding carboxylic acids is 1. The molecular weight excluding hydrogens is 382 g/mol. The number of sulfonamides is 1. The van der Waals surface area contributed by atoms with Crippen LogP contribution in [0.5, 0.6) is 0 Å². The monoisotopic (exact) mass is 401 g/mol. The molecule has 1 atom stereocenters. The second kappa shape index (κ2) is 7.38. The molecule has 4 rings (SSSR count). The summed E-state index contributed by atoms with van der Waals surface area (Å²) in [5, 5.41) is 3.90. The highest BCUT2D eigenvalue weighted by molar-refractivity contribution is 7.89. The van der Waals surface area contributed by atoms with Gasteiger partial charge in [0, 0.05) is 30.4 Å². The van der Waals surface area contributed by atoms with Crippen molar-refractivity contribution in [2.24, 2.45) is 5.92 Å². The Balaban J connectivity index is 1.48. The lowest BCUT2D eigenvalue weighted by atomic mass is 9.98. The zero-order chi connectivity index (χ0) is 18.9. The molecule has 0 spiro atoms. The normalized spacial score (nSPS) is 18.4. The van der Waals surface area contributed by atoms with Crippen molar-refractivity contribution in [3.8, 4) is 0 Å². The molecule has 2 aromatic carbocycles. The topological polar surface area (TPSA) is 79.4 Å². The van der Waals surface area contributed by atoms with Crippen molar-refractivity contribution in [2.75, 3.05) is 18.4 Å². The van der Waals surface area contributed by atoms with Crippen molar-refractivity contribution in [3.05, 3.63) is 54.7 Å². The molecule has 1 saturated heterocycles. The van der Waals surface area contributed by atoms with Crippen LogP contribution >= 0.6 is 11.5 Å². The Morgan fingerprint density at radius 3 is 2.81 bits per heavy atom. The van der Waals surface area contributed by atoms with Crippen molar-refractivity contribution in [1.29, 1.82) is 0 Å². The van der Waals surface area contributed by atoms with Gasteiger partial charge < -0.3 is 5.32 Å². The van der Waals surface area contributed by atoms with Crippen LogP contribution < -0.4 is 5.32 Å². The number of rotatable bonds is 4. The van der Waals surface area contributed by atoms with Gasteiger partial charge in [0.15, 0.2) is 0 Å². The molecule has 1 N–H and O–H groups in total. The Kier molecular flexibility index (Phi) is 4.94. The smallest absolute Gasteiger partial charge is 0.243 e. The third-order valence-corrected chi connectivity index (χ3v) is 7.41. The fraction of sp³-hybridized carbons (Fsp3) is 0.263. The minimum Gasteiger partial charge on any atom is -0.326 e. The maximum atomic E-state index is 12.8. The summed E-state index contributed by atoms with van der Waals surface area (Å²) in [6.45, 7) is 0.638. The molecule has 0 aliphatic carbocycles. The Morgan fingerprint density at radius 1 is 1.19 bits per heavy atom. The molecule has 1 aliphatic rings. The molecule has 140 valence electrons. The van der Waals surface area contributed by atoms with Gasteiger partial charge >= 0.3 is 0 Å². The van der Waals surface area contributed by atoms with E-state index in [4.69, 9.17) is 0 Å². The summed E-state index contributed by atoms with van der Waals surface area (Å²) in [6, 6.07) is 14.0. The number of carbonyl (C=O) groups is 1. The van der Waals surface area contributed by atoms with Gasteiger partial charge in [-0.1, -0.05) is 18.2 Å². The van der Waals surface area contributed by atoms with E-state index in [1.165, 1.54) is 15.8 Å². The van der Waals surface area contributed by atoms with Crippen molar-refractivity contribution in [1.82, 2.24) is 8.68 Å². The maximum absolute atomic E-state index is 12.8. The number of hydrogen-bond donors (Lipinski definition) is 1. The highest BCUT2D eigenvalue weighted by Gasteiger charge is 2.33. The molecular formula is C19H19N3O3S2. The highest BCUT2D eigenvalue weighted by atomic mass is 32.2. The quantitative estimate of drug-likeness (QED) is 0.727. The van der Waals surface area contributed by atoms with Crippen LogP contribution in [0.1, 0.15) is 12.8 Å². The van der Waals surface area contributed by atoms with Crippen LogP contribution in [0.2, 0.25) is 0 Å². The third-order valence-electron chi connectivity index (χ3n) is 4.76. The minimum absolute atomic E-state index is 0.148. The van der Waals surface area contributed by atoms with Crippen LogP contribution in [0.25, 0.3) is 10.1 Å². The van der Waals surface area contributed by atoms with E-state index in [0.717, 1.165) is 10.1 Å². The fourth-order valence-electron chi connectivity index (χ4n) is 3.31. The molecule has 6 nitrogen and oxygen atoms in total. The fourth-order valence-corrected chi connectivity index (χ4v) is 5.48. The van der Waals surface area contributed by atoms with E-state index >= 15 is 0 Å². The van der Waals surface area contributed by atoms with E-state index in [-0.39, 0.29) is 23.3 Å². The van der Waals surface area contributed by atoms with Crippen LogP contribution in [0.3, 0.4) is 0 Å². The molecule has 1 aromatic heterocycles. The average Bonchev–Trinajstić information content (AvgIpc) is 3.16. The molecule has 1 fully saturated rings. The first-order chi connectivity index (χ1) is 13.0. The van der Waals surface area contributed by atoms with Gasteiger partial charge in [-0.2, -0.15) is 8.68 Å². The number of hydrogen-bond acceptors (Lipinski definition) is 5. The van der Waals surface area contributed by atoms with E-state index in [2.05, 4.69) is 9.69 Å². The van der Waals surface area contributed by atoms with Crippen LogP contribution in [0.4, 0.5) is 5.69 Å². The molecule has 0 bridgehead atoms. The van der Waals surface area contributed by atoms with Crippen LogP contribution in [0.15, 0.2) is 59.6 Å².